The maximum Gasteiger partial charge on any atom is 0.254 e. The molecule has 1 aromatic rings. The van der Waals surface area contributed by atoms with Gasteiger partial charge in [0.05, 0.1) is 0 Å². The second-order valence-corrected chi connectivity index (χ2v) is 6.33. The number of amides is 2. The Morgan fingerprint density at radius 2 is 1.90 bits per heavy atom. The van der Waals surface area contributed by atoms with Crippen LogP contribution < -0.4 is 5.32 Å². The molecule has 2 aliphatic rings. The zero-order valence-electron chi connectivity index (χ0n) is 12.8. The largest absolute Gasteiger partial charge is 0.342 e. The smallest absolute Gasteiger partial charge is 0.254 e. The Kier molecular flexibility index (Phi) is 3.24. The number of carbonyl (C=O) groups is 2. The molecule has 21 heavy (non-hydrogen) atoms. The fourth-order valence-electron chi connectivity index (χ4n) is 3.15. The van der Waals surface area contributed by atoms with Crippen molar-refractivity contribution < 1.29 is 9.59 Å². The molecule has 0 saturated carbocycles. The molecule has 0 atom stereocenters. The first-order valence-electron chi connectivity index (χ1n) is 7.31. The Balaban J connectivity index is 1.90. The molecular weight excluding hydrogens is 266 g/mol. The maximum absolute atomic E-state index is 12.8. The van der Waals surface area contributed by atoms with Gasteiger partial charge in [0.1, 0.15) is 5.54 Å². The molecule has 2 amide bonds. The molecule has 3 rings (SSSR count). The summed E-state index contributed by atoms with van der Waals surface area (Å²) in [4.78, 5) is 28.5. The van der Waals surface area contributed by atoms with Gasteiger partial charge >= 0.3 is 0 Å². The van der Waals surface area contributed by atoms with Gasteiger partial charge < -0.3 is 15.1 Å². The van der Waals surface area contributed by atoms with E-state index in [4.69, 9.17) is 0 Å². The number of hydrogen-bond donors (Lipinski definition) is 1. The van der Waals surface area contributed by atoms with Crippen molar-refractivity contribution in [3.63, 3.8) is 0 Å². The molecule has 0 bridgehead atoms. The van der Waals surface area contributed by atoms with Crippen molar-refractivity contribution in [3.8, 4) is 0 Å². The summed E-state index contributed by atoms with van der Waals surface area (Å²) in [6.45, 7) is 6.46. The van der Waals surface area contributed by atoms with E-state index < -0.39 is 5.54 Å². The number of rotatable bonds is 1. The van der Waals surface area contributed by atoms with Crippen LogP contribution in [0, 0.1) is 0 Å². The molecular formula is C16H21N3O2. The van der Waals surface area contributed by atoms with Crippen LogP contribution >= 0.6 is 0 Å². The highest BCUT2D eigenvalue weighted by molar-refractivity contribution is 5.99. The molecule has 0 unspecified atom stereocenters. The summed E-state index contributed by atoms with van der Waals surface area (Å²) in [7, 11) is 1.78. The Morgan fingerprint density at radius 3 is 2.67 bits per heavy atom. The average molecular weight is 287 g/mol. The number of likely N-dealkylation sites (N-methyl/N-ethyl adjacent to an activating group) is 1. The molecule has 2 aliphatic heterocycles. The molecule has 1 N–H and O–H groups in total. The molecule has 112 valence electrons. The van der Waals surface area contributed by atoms with Gasteiger partial charge in [0.15, 0.2) is 0 Å². The van der Waals surface area contributed by atoms with E-state index in [1.165, 1.54) is 11.1 Å². The number of benzene rings is 1. The van der Waals surface area contributed by atoms with Gasteiger partial charge in [-0.1, -0.05) is 6.07 Å². The molecule has 5 heteroatoms. The highest BCUT2D eigenvalue weighted by atomic mass is 16.2. The van der Waals surface area contributed by atoms with Gasteiger partial charge in [-0.3, -0.25) is 9.59 Å². The first kappa shape index (κ1) is 14.1. The molecule has 0 radical (unpaired) electrons. The van der Waals surface area contributed by atoms with Gasteiger partial charge in [0, 0.05) is 38.8 Å². The predicted octanol–water partition coefficient (Wildman–Crippen LogP) is 0.983. The van der Waals surface area contributed by atoms with Crippen LogP contribution in [0.3, 0.4) is 0 Å². The summed E-state index contributed by atoms with van der Waals surface area (Å²) in [5, 5.41) is 3.28. The van der Waals surface area contributed by atoms with E-state index in [0.29, 0.717) is 18.7 Å². The van der Waals surface area contributed by atoms with Crippen LogP contribution in [0.4, 0.5) is 0 Å². The Morgan fingerprint density at radius 1 is 1.19 bits per heavy atom. The van der Waals surface area contributed by atoms with Gasteiger partial charge in [-0.05, 0) is 37.1 Å². The zero-order valence-corrected chi connectivity index (χ0v) is 12.8. The third-order valence-corrected chi connectivity index (χ3v) is 4.53. The number of fused-ring (bicyclic) bond motifs is 1. The van der Waals surface area contributed by atoms with Crippen LogP contribution in [-0.4, -0.2) is 47.3 Å². The van der Waals surface area contributed by atoms with Gasteiger partial charge in [0.25, 0.3) is 5.91 Å². The molecule has 0 aliphatic carbocycles. The molecule has 1 aromatic carbocycles. The fourth-order valence-corrected chi connectivity index (χ4v) is 3.15. The quantitative estimate of drug-likeness (QED) is 0.838. The first-order valence-corrected chi connectivity index (χ1v) is 7.31. The molecule has 1 fully saturated rings. The Hall–Kier alpha value is -1.88. The number of nitrogens with zero attached hydrogens (tertiary/aromatic N) is 2. The van der Waals surface area contributed by atoms with E-state index in [0.717, 1.165) is 13.1 Å². The second kappa shape index (κ2) is 4.84. The lowest BCUT2D eigenvalue weighted by atomic mass is 9.96. The number of piperazine rings is 1. The molecule has 1 saturated heterocycles. The topological polar surface area (TPSA) is 52.6 Å². The lowest BCUT2D eigenvalue weighted by molar-refractivity contribution is -0.144. The molecule has 5 nitrogen and oxygen atoms in total. The number of hydrogen-bond acceptors (Lipinski definition) is 3. The number of nitrogens with one attached hydrogen (secondary N) is 1. The molecule has 0 aromatic heterocycles. The Labute approximate surface area is 124 Å². The van der Waals surface area contributed by atoms with E-state index in [9.17, 15) is 9.59 Å². The van der Waals surface area contributed by atoms with Crippen molar-refractivity contribution in [2.45, 2.75) is 32.5 Å². The van der Waals surface area contributed by atoms with Gasteiger partial charge in [-0.2, -0.15) is 0 Å². The highest BCUT2D eigenvalue weighted by Gasteiger charge is 2.43. The van der Waals surface area contributed by atoms with E-state index in [-0.39, 0.29) is 11.8 Å². The van der Waals surface area contributed by atoms with E-state index >= 15 is 0 Å². The summed E-state index contributed by atoms with van der Waals surface area (Å²) in [5.41, 5.74) is 2.31. The van der Waals surface area contributed by atoms with Crippen LogP contribution in [0.2, 0.25) is 0 Å². The van der Waals surface area contributed by atoms with E-state index in [1.807, 2.05) is 32.0 Å². The minimum absolute atomic E-state index is 0.00933. The minimum Gasteiger partial charge on any atom is -0.342 e. The molecule has 0 spiro atoms. The minimum atomic E-state index is -0.790. The van der Waals surface area contributed by atoms with Crippen LogP contribution in [0.1, 0.15) is 35.3 Å². The summed E-state index contributed by atoms with van der Waals surface area (Å²) in [6.07, 6.45) is 0. The maximum atomic E-state index is 12.8. The standard InChI is InChI=1S/C16H21N3O2/c1-16(2)15(21)18(3)6-7-19(16)14(20)11-4-5-12-9-17-10-13(12)8-11/h4-5,8,17H,6-7,9-10H2,1-3H3. The normalized spacial score (nSPS) is 20.6. The van der Waals surface area contributed by atoms with Gasteiger partial charge in [-0.15, -0.1) is 0 Å². The number of carbonyl (C=O) groups excluding carboxylic acids is 2. The lowest BCUT2D eigenvalue weighted by Crippen LogP contribution is -2.63. The van der Waals surface area contributed by atoms with Crippen molar-refractivity contribution in [2.75, 3.05) is 20.1 Å². The summed E-state index contributed by atoms with van der Waals surface area (Å²) < 4.78 is 0. The van der Waals surface area contributed by atoms with Crippen LogP contribution in [0.15, 0.2) is 18.2 Å². The summed E-state index contributed by atoms with van der Waals surface area (Å²) in [5.74, 6) is -0.0684. The summed E-state index contributed by atoms with van der Waals surface area (Å²) in [6, 6.07) is 5.83. The van der Waals surface area contributed by atoms with Crippen molar-refractivity contribution >= 4 is 11.8 Å². The monoisotopic (exact) mass is 287 g/mol. The SMILES string of the molecule is CN1CCN(C(=O)c2ccc3c(c2)CNC3)C(C)(C)C1=O. The molecule has 2 heterocycles. The zero-order chi connectivity index (χ0) is 15.2. The van der Waals surface area contributed by atoms with E-state index in [1.54, 1.807) is 16.8 Å². The highest BCUT2D eigenvalue weighted by Crippen LogP contribution is 2.25. The predicted molar refractivity (Wildman–Crippen MR) is 79.7 cm³/mol. The van der Waals surface area contributed by atoms with Crippen LogP contribution in [0.25, 0.3) is 0 Å². The third kappa shape index (κ3) is 2.21. The van der Waals surface area contributed by atoms with Crippen molar-refractivity contribution in [2.24, 2.45) is 0 Å². The van der Waals surface area contributed by atoms with Gasteiger partial charge in [0.2, 0.25) is 5.91 Å². The Bertz CT molecular complexity index is 610. The van der Waals surface area contributed by atoms with E-state index in [2.05, 4.69) is 5.32 Å². The van der Waals surface area contributed by atoms with Gasteiger partial charge in [-0.25, -0.2) is 0 Å². The summed E-state index contributed by atoms with van der Waals surface area (Å²) >= 11 is 0. The van der Waals surface area contributed by atoms with Crippen molar-refractivity contribution in [1.82, 2.24) is 15.1 Å². The van der Waals surface area contributed by atoms with Crippen molar-refractivity contribution in [3.05, 3.63) is 34.9 Å². The average Bonchev–Trinajstić information content (AvgIpc) is 2.91. The van der Waals surface area contributed by atoms with Crippen LogP contribution in [0.5, 0.6) is 0 Å². The lowest BCUT2D eigenvalue weighted by Gasteiger charge is -2.44. The third-order valence-electron chi connectivity index (χ3n) is 4.53. The fraction of sp³-hybridized carbons (Fsp3) is 0.500. The van der Waals surface area contributed by atoms with Crippen molar-refractivity contribution in [1.29, 1.82) is 0 Å². The first-order chi connectivity index (χ1) is 9.91. The van der Waals surface area contributed by atoms with Crippen LogP contribution in [-0.2, 0) is 17.9 Å². The second-order valence-electron chi connectivity index (χ2n) is 6.33.